The van der Waals surface area contributed by atoms with Gasteiger partial charge in [-0.15, -0.1) is 0 Å². The summed E-state index contributed by atoms with van der Waals surface area (Å²) in [5.74, 6) is -0.153. The number of carbonyl (C=O) groups is 1. The summed E-state index contributed by atoms with van der Waals surface area (Å²) in [6.45, 7) is 9.77. The highest BCUT2D eigenvalue weighted by Gasteiger charge is 2.10. The number of thiocarbonyl (C=S) groups is 1. The average Bonchev–Trinajstić information content (AvgIpc) is 2.23. The van der Waals surface area contributed by atoms with E-state index in [1.165, 1.54) is 5.56 Å². The van der Waals surface area contributed by atoms with Gasteiger partial charge in [0, 0.05) is 11.6 Å². The van der Waals surface area contributed by atoms with Crippen molar-refractivity contribution < 1.29 is 4.79 Å². The molecule has 0 radical (unpaired) electrons. The Morgan fingerprint density at radius 3 is 2.11 bits per heavy atom. The van der Waals surface area contributed by atoms with E-state index in [4.69, 9.17) is 12.2 Å². The molecule has 0 aliphatic carbocycles. The molecule has 1 aromatic rings. The summed E-state index contributed by atoms with van der Waals surface area (Å²) in [6, 6.07) is 4.17. The molecule has 0 aliphatic rings. The summed E-state index contributed by atoms with van der Waals surface area (Å²) in [5, 5.41) is 6.12. The number of carbonyl (C=O) groups excluding carboxylic acids is 1. The van der Waals surface area contributed by atoms with Crippen LogP contribution < -0.4 is 10.6 Å². The topological polar surface area (TPSA) is 41.1 Å². The van der Waals surface area contributed by atoms with Crippen LogP contribution in [0.1, 0.15) is 30.5 Å². The summed E-state index contributed by atoms with van der Waals surface area (Å²) in [7, 11) is 0. The zero-order chi connectivity index (χ0) is 13.9. The van der Waals surface area contributed by atoms with Crippen molar-refractivity contribution in [3.8, 4) is 0 Å². The first-order valence-electron chi connectivity index (χ1n) is 6.01. The molecule has 0 spiro atoms. The van der Waals surface area contributed by atoms with E-state index in [2.05, 4.69) is 29.7 Å². The third-order valence-electron chi connectivity index (χ3n) is 2.68. The Balaban J connectivity index is 2.80. The molecular formula is C14H20N2OS. The molecular weight excluding hydrogens is 244 g/mol. The number of anilines is 1. The van der Waals surface area contributed by atoms with Crippen molar-refractivity contribution in [3.05, 3.63) is 28.8 Å². The highest BCUT2D eigenvalue weighted by molar-refractivity contribution is 7.80. The minimum Gasteiger partial charge on any atom is -0.332 e. The van der Waals surface area contributed by atoms with Crippen molar-refractivity contribution in [2.24, 2.45) is 5.92 Å². The molecule has 0 fully saturated rings. The molecule has 18 heavy (non-hydrogen) atoms. The van der Waals surface area contributed by atoms with Crippen LogP contribution in [-0.4, -0.2) is 11.0 Å². The van der Waals surface area contributed by atoms with Gasteiger partial charge in [-0.2, -0.15) is 0 Å². The smallest absolute Gasteiger partial charge is 0.228 e. The Bertz CT molecular complexity index is 458. The highest BCUT2D eigenvalue weighted by atomic mass is 32.1. The standard InChI is InChI=1S/C14H20N2OS/c1-8(2)13(17)16-14(18)15-12-10(4)6-9(3)7-11(12)5/h6-8H,1-5H3,(H2,15,16,17,18). The van der Waals surface area contributed by atoms with E-state index in [0.717, 1.165) is 16.8 Å². The zero-order valence-electron chi connectivity index (χ0n) is 11.5. The van der Waals surface area contributed by atoms with Crippen LogP contribution in [0.2, 0.25) is 0 Å². The summed E-state index contributed by atoms with van der Waals surface area (Å²) >= 11 is 5.14. The molecule has 0 unspecified atom stereocenters. The second-order valence-corrected chi connectivity index (χ2v) is 5.28. The number of amides is 1. The molecule has 0 saturated carbocycles. The van der Waals surface area contributed by atoms with Gasteiger partial charge in [0.15, 0.2) is 5.11 Å². The summed E-state index contributed by atoms with van der Waals surface area (Å²) in [6.07, 6.45) is 0. The van der Waals surface area contributed by atoms with E-state index in [1.54, 1.807) is 0 Å². The van der Waals surface area contributed by atoms with E-state index in [0.29, 0.717) is 5.11 Å². The van der Waals surface area contributed by atoms with Crippen LogP contribution in [0.3, 0.4) is 0 Å². The summed E-state index contributed by atoms with van der Waals surface area (Å²) in [4.78, 5) is 11.5. The Hall–Kier alpha value is -1.42. The van der Waals surface area contributed by atoms with Gasteiger partial charge >= 0.3 is 0 Å². The largest absolute Gasteiger partial charge is 0.332 e. The first-order valence-corrected chi connectivity index (χ1v) is 6.41. The van der Waals surface area contributed by atoms with Crippen molar-refractivity contribution in [1.82, 2.24) is 5.32 Å². The maximum Gasteiger partial charge on any atom is 0.228 e. The van der Waals surface area contributed by atoms with E-state index >= 15 is 0 Å². The molecule has 98 valence electrons. The van der Waals surface area contributed by atoms with Crippen molar-refractivity contribution in [2.75, 3.05) is 5.32 Å². The van der Waals surface area contributed by atoms with Crippen molar-refractivity contribution in [1.29, 1.82) is 0 Å². The zero-order valence-corrected chi connectivity index (χ0v) is 12.4. The monoisotopic (exact) mass is 264 g/mol. The first-order chi connectivity index (χ1) is 8.31. The minimum atomic E-state index is -0.0787. The average molecular weight is 264 g/mol. The van der Waals surface area contributed by atoms with Crippen molar-refractivity contribution in [3.63, 3.8) is 0 Å². The van der Waals surface area contributed by atoms with Gasteiger partial charge in [0.2, 0.25) is 5.91 Å². The maximum atomic E-state index is 11.5. The number of rotatable bonds is 2. The molecule has 0 heterocycles. The van der Waals surface area contributed by atoms with Crippen LogP contribution in [0.4, 0.5) is 5.69 Å². The molecule has 0 aliphatic heterocycles. The molecule has 1 rings (SSSR count). The van der Waals surface area contributed by atoms with Crippen LogP contribution in [0.5, 0.6) is 0 Å². The second-order valence-electron chi connectivity index (χ2n) is 4.87. The molecule has 0 saturated heterocycles. The molecule has 3 nitrogen and oxygen atoms in total. The van der Waals surface area contributed by atoms with Crippen LogP contribution in [0.25, 0.3) is 0 Å². The van der Waals surface area contributed by atoms with Crippen LogP contribution >= 0.6 is 12.2 Å². The third-order valence-corrected chi connectivity index (χ3v) is 2.88. The maximum absolute atomic E-state index is 11.5. The normalized spacial score (nSPS) is 10.3. The van der Waals surface area contributed by atoms with Crippen LogP contribution in [-0.2, 0) is 4.79 Å². The quantitative estimate of drug-likeness (QED) is 0.807. The molecule has 0 atom stereocenters. The second kappa shape index (κ2) is 5.96. The molecule has 0 bridgehead atoms. The fraction of sp³-hybridized carbons (Fsp3) is 0.429. The Morgan fingerprint density at radius 2 is 1.67 bits per heavy atom. The Labute approximate surface area is 114 Å². The molecule has 0 aromatic heterocycles. The summed E-state index contributed by atoms with van der Waals surface area (Å²) < 4.78 is 0. The highest BCUT2D eigenvalue weighted by Crippen LogP contribution is 2.21. The molecule has 4 heteroatoms. The fourth-order valence-electron chi connectivity index (χ4n) is 1.78. The number of benzene rings is 1. The fourth-order valence-corrected chi connectivity index (χ4v) is 1.98. The van der Waals surface area contributed by atoms with Crippen molar-refractivity contribution >= 4 is 28.9 Å². The summed E-state index contributed by atoms with van der Waals surface area (Å²) in [5.41, 5.74) is 4.42. The van der Waals surface area contributed by atoms with Crippen LogP contribution in [0, 0.1) is 26.7 Å². The molecule has 2 N–H and O–H groups in total. The number of nitrogens with one attached hydrogen (secondary N) is 2. The number of hydrogen-bond acceptors (Lipinski definition) is 2. The first kappa shape index (κ1) is 14.6. The number of hydrogen-bond donors (Lipinski definition) is 2. The number of aryl methyl sites for hydroxylation is 3. The molecule has 1 aromatic carbocycles. The third kappa shape index (κ3) is 3.81. The lowest BCUT2D eigenvalue weighted by Crippen LogP contribution is -2.37. The molecule has 1 amide bonds. The Morgan fingerprint density at radius 1 is 1.17 bits per heavy atom. The van der Waals surface area contributed by atoms with Gasteiger partial charge in [-0.05, 0) is 44.1 Å². The predicted octanol–water partition coefficient (Wildman–Crippen LogP) is 3.08. The van der Waals surface area contributed by atoms with Gasteiger partial charge in [0.05, 0.1) is 0 Å². The van der Waals surface area contributed by atoms with Gasteiger partial charge in [0.1, 0.15) is 0 Å². The Kier molecular flexibility index (Phi) is 4.84. The van der Waals surface area contributed by atoms with Gasteiger partial charge in [-0.1, -0.05) is 31.5 Å². The SMILES string of the molecule is Cc1cc(C)c(NC(=S)NC(=O)C(C)C)c(C)c1. The van der Waals surface area contributed by atoms with Crippen LogP contribution in [0.15, 0.2) is 12.1 Å². The lowest BCUT2D eigenvalue weighted by Gasteiger charge is -2.15. The lowest BCUT2D eigenvalue weighted by atomic mass is 10.1. The van der Waals surface area contributed by atoms with E-state index in [9.17, 15) is 4.79 Å². The van der Waals surface area contributed by atoms with Crippen molar-refractivity contribution in [2.45, 2.75) is 34.6 Å². The lowest BCUT2D eigenvalue weighted by molar-refractivity contribution is -0.122. The van der Waals surface area contributed by atoms with Gasteiger partial charge < -0.3 is 10.6 Å². The van der Waals surface area contributed by atoms with E-state index in [1.807, 2.05) is 27.7 Å². The van der Waals surface area contributed by atoms with Gasteiger partial charge in [-0.3, -0.25) is 4.79 Å². The van der Waals surface area contributed by atoms with E-state index in [-0.39, 0.29) is 11.8 Å². The minimum absolute atomic E-state index is 0.0742. The van der Waals surface area contributed by atoms with E-state index < -0.39 is 0 Å². The predicted molar refractivity (Wildman–Crippen MR) is 79.9 cm³/mol. The van der Waals surface area contributed by atoms with Gasteiger partial charge in [-0.25, -0.2) is 0 Å². The van der Waals surface area contributed by atoms with Gasteiger partial charge in [0.25, 0.3) is 0 Å².